The molecule has 0 unspecified atom stereocenters. The van der Waals surface area contributed by atoms with Crippen molar-refractivity contribution in [3.05, 3.63) is 48.6 Å². The van der Waals surface area contributed by atoms with Crippen molar-refractivity contribution in [3.63, 3.8) is 0 Å². The third-order valence-corrected chi connectivity index (χ3v) is 3.16. The van der Waals surface area contributed by atoms with Gasteiger partial charge in [0.2, 0.25) is 23.5 Å². The van der Waals surface area contributed by atoms with E-state index in [0.717, 1.165) is 0 Å². The normalized spacial score (nSPS) is 10.4. The largest absolute Gasteiger partial charge is 0.481 e. The lowest BCUT2D eigenvalue weighted by atomic mass is 10.3. The van der Waals surface area contributed by atoms with Crippen LogP contribution in [-0.2, 0) is 11.2 Å². The Morgan fingerprint density at radius 1 is 1.25 bits per heavy atom. The molecule has 0 saturated carbocycles. The number of ether oxygens (including phenoxy) is 1. The van der Waals surface area contributed by atoms with Gasteiger partial charge >= 0.3 is 0 Å². The van der Waals surface area contributed by atoms with Gasteiger partial charge < -0.3 is 14.6 Å². The minimum Gasteiger partial charge on any atom is -0.481 e. The van der Waals surface area contributed by atoms with E-state index in [-0.39, 0.29) is 12.3 Å². The van der Waals surface area contributed by atoms with Gasteiger partial charge in [0.05, 0.1) is 19.0 Å². The molecule has 0 radical (unpaired) electrons. The molecule has 0 atom stereocenters. The highest BCUT2D eigenvalue weighted by atomic mass is 16.5. The monoisotopic (exact) mass is 325 g/mol. The Morgan fingerprint density at radius 2 is 2.17 bits per heavy atom. The number of nitrogens with one attached hydrogen (secondary N) is 1. The van der Waals surface area contributed by atoms with E-state index in [1.165, 1.54) is 13.3 Å². The Morgan fingerprint density at radius 3 is 2.88 bits per heavy atom. The van der Waals surface area contributed by atoms with Gasteiger partial charge in [0.25, 0.3) is 0 Å². The van der Waals surface area contributed by atoms with Crippen molar-refractivity contribution in [1.29, 1.82) is 0 Å². The number of anilines is 1. The predicted octanol–water partition coefficient (Wildman–Crippen LogP) is 2.11. The van der Waals surface area contributed by atoms with Crippen LogP contribution in [0.5, 0.6) is 5.88 Å². The molecule has 0 saturated heterocycles. The highest BCUT2D eigenvalue weighted by Crippen LogP contribution is 2.14. The molecule has 8 heteroatoms. The lowest BCUT2D eigenvalue weighted by molar-refractivity contribution is -0.116. The third kappa shape index (κ3) is 3.92. The standard InChI is InChI=1S/C16H15N5O3/c1-23-14-7-5-11(10-18-14)19-13(22)6-8-15-20-16(21-24-15)12-4-2-3-9-17-12/h2-5,7,9-10H,6,8H2,1H3,(H,19,22). The molecule has 1 amide bonds. The van der Waals surface area contributed by atoms with Crippen molar-refractivity contribution in [2.75, 3.05) is 12.4 Å². The molecular formula is C16H15N5O3. The fraction of sp³-hybridized carbons (Fsp3) is 0.188. The first-order valence-electron chi connectivity index (χ1n) is 7.28. The van der Waals surface area contributed by atoms with E-state index in [1.54, 1.807) is 24.4 Å². The van der Waals surface area contributed by atoms with Crippen molar-refractivity contribution < 1.29 is 14.1 Å². The average Bonchev–Trinajstić information content (AvgIpc) is 3.10. The SMILES string of the molecule is COc1ccc(NC(=O)CCc2nc(-c3ccccn3)no2)cn1. The van der Waals surface area contributed by atoms with Gasteiger partial charge in [-0.15, -0.1) is 0 Å². The minimum atomic E-state index is -0.167. The van der Waals surface area contributed by atoms with Crippen LogP contribution in [0.15, 0.2) is 47.2 Å². The highest BCUT2D eigenvalue weighted by molar-refractivity contribution is 5.90. The number of amides is 1. The van der Waals surface area contributed by atoms with Crippen LogP contribution in [0.2, 0.25) is 0 Å². The summed E-state index contributed by atoms with van der Waals surface area (Å²) in [5.41, 5.74) is 1.22. The second-order valence-corrected chi connectivity index (χ2v) is 4.86. The van der Waals surface area contributed by atoms with Gasteiger partial charge in [0.15, 0.2) is 0 Å². The number of nitrogens with zero attached hydrogens (tertiary/aromatic N) is 4. The molecule has 3 aromatic heterocycles. The van der Waals surface area contributed by atoms with E-state index < -0.39 is 0 Å². The smallest absolute Gasteiger partial charge is 0.227 e. The van der Waals surface area contributed by atoms with E-state index in [4.69, 9.17) is 9.26 Å². The number of hydrogen-bond donors (Lipinski definition) is 1. The van der Waals surface area contributed by atoms with E-state index in [1.807, 2.05) is 12.1 Å². The fourth-order valence-electron chi connectivity index (χ4n) is 1.97. The van der Waals surface area contributed by atoms with Crippen molar-refractivity contribution in [1.82, 2.24) is 20.1 Å². The number of carbonyl (C=O) groups excluding carboxylic acids is 1. The van der Waals surface area contributed by atoms with Gasteiger partial charge in [-0.2, -0.15) is 4.98 Å². The topological polar surface area (TPSA) is 103 Å². The maximum absolute atomic E-state index is 11.9. The molecule has 0 aliphatic rings. The highest BCUT2D eigenvalue weighted by Gasteiger charge is 2.11. The van der Waals surface area contributed by atoms with Crippen LogP contribution in [-0.4, -0.2) is 33.1 Å². The van der Waals surface area contributed by atoms with Crippen molar-refractivity contribution in [2.24, 2.45) is 0 Å². The summed E-state index contributed by atoms with van der Waals surface area (Å²) in [4.78, 5) is 24.3. The number of methoxy groups -OCH3 is 1. The van der Waals surface area contributed by atoms with Crippen LogP contribution in [0.25, 0.3) is 11.5 Å². The molecule has 24 heavy (non-hydrogen) atoms. The number of hydrogen-bond acceptors (Lipinski definition) is 7. The maximum Gasteiger partial charge on any atom is 0.227 e. The Bertz CT molecular complexity index is 802. The number of rotatable bonds is 6. The molecule has 3 aromatic rings. The predicted molar refractivity (Wildman–Crippen MR) is 85.3 cm³/mol. The van der Waals surface area contributed by atoms with E-state index in [9.17, 15) is 4.79 Å². The Balaban J connectivity index is 1.53. The quantitative estimate of drug-likeness (QED) is 0.740. The van der Waals surface area contributed by atoms with E-state index >= 15 is 0 Å². The van der Waals surface area contributed by atoms with Gasteiger partial charge in [0, 0.05) is 25.1 Å². The first kappa shape index (κ1) is 15.6. The molecule has 122 valence electrons. The number of carbonyl (C=O) groups is 1. The van der Waals surface area contributed by atoms with Crippen LogP contribution in [0, 0.1) is 0 Å². The Labute approximate surface area is 137 Å². The molecule has 0 aliphatic carbocycles. The molecule has 8 nitrogen and oxygen atoms in total. The lowest BCUT2D eigenvalue weighted by Gasteiger charge is -2.04. The molecule has 3 rings (SSSR count). The van der Waals surface area contributed by atoms with Crippen molar-refractivity contribution >= 4 is 11.6 Å². The van der Waals surface area contributed by atoms with Gasteiger partial charge in [-0.3, -0.25) is 9.78 Å². The second kappa shape index (κ2) is 7.32. The van der Waals surface area contributed by atoms with Crippen LogP contribution in [0.3, 0.4) is 0 Å². The lowest BCUT2D eigenvalue weighted by Crippen LogP contribution is -2.12. The minimum absolute atomic E-state index is 0.167. The zero-order valence-electron chi connectivity index (χ0n) is 13.0. The molecule has 0 bridgehead atoms. The van der Waals surface area contributed by atoms with Gasteiger partial charge in [0.1, 0.15) is 5.69 Å². The first-order valence-corrected chi connectivity index (χ1v) is 7.28. The zero-order chi connectivity index (χ0) is 16.8. The Kier molecular flexibility index (Phi) is 4.76. The summed E-state index contributed by atoms with van der Waals surface area (Å²) in [5, 5.41) is 6.61. The summed E-state index contributed by atoms with van der Waals surface area (Å²) in [6, 6.07) is 8.83. The maximum atomic E-state index is 11.9. The molecule has 0 spiro atoms. The van der Waals surface area contributed by atoms with E-state index in [0.29, 0.717) is 35.4 Å². The van der Waals surface area contributed by atoms with Gasteiger partial charge in [-0.1, -0.05) is 11.2 Å². The van der Waals surface area contributed by atoms with Crippen molar-refractivity contribution in [2.45, 2.75) is 12.8 Å². The van der Waals surface area contributed by atoms with Crippen LogP contribution < -0.4 is 10.1 Å². The van der Waals surface area contributed by atoms with Crippen LogP contribution in [0.1, 0.15) is 12.3 Å². The van der Waals surface area contributed by atoms with E-state index in [2.05, 4.69) is 25.4 Å². The third-order valence-electron chi connectivity index (χ3n) is 3.16. The summed E-state index contributed by atoms with van der Waals surface area (Å²) in [7, 11) is 1.53. The molecule has 0 aliphatic heterocycles. The summed E-state index contributed by atoms with van der Waals surface area (Å²) in [6.07, 6.45) is 3.75. The fourth-order valence-corrected chi connectivity index (χ4v) is 1.97. The average molecular weight is 325 g/mol. The molecule has 1 N–H and O–H groups in total. The molecular weight excluding hydrogens is 310 g/mol. The Hall–Kier alpha value is -3.29. The second-order valence-electron chi connectivity index (χ2n) is 4.86. The van der Waals surface area contributed by atoms with Crippen molar-refractivity contribution in [3.8, 4) is 17.4 Å². The summed E-state index contributed by atoms with van der Waals surface area (Å²) in [6.45, 7) is 0. The molecule has 3 heterocycles. The zero-order valence-corrected chi connectivity index (χ0v) is 13.0. The number of aryl methyl sites for hydroxylation is 1. The number of pyridine rings is 2. The first-order chi connectivity index (χ1) is 11.7. The number of aromatic nitrogens is 4. The van der Waals surface area contributed by atoms with Crippen LogP contribution >= 0.6 is 0 Å². The van der Waals surface area contributed by atoms with Gasteiger partial charge in [-0.25, -0.2) is 4.98 Å². The molecule has 0 aromatic carbocycles. The molecule has 0 fully saturated rings. The summed E-state index contributed by atoms with van der Waals surface area (Å²) >= 11 is 0. The summed E-state index contributed by atoms with van der Waals surface area (Å²) < 4.78 is 10.1. The summed E-state index contributed by atoms with van der Waals surface area (Å²) in [5.74, 6) is 1.12. The van der Waals surface area contributed by atoms with Crippen LogP contribution in [0.4, 0.5) is 5.69 Å². The van der Waals surface area contributed by atoms with Gasteiger partial charge in [-0.05, 0) is 18.2 Å².